The summed E-state index contributed by atoms with van der Waals surface area (Å²) in [4.78, 5) is 26.1. The quantitative estimate of drug-likeness (QED) is 0.683. The first-order valence-electron chi connectivity index (χ1n) is 5.27. The number of rotatable bonds is 4. The minimum absolute atomic E-state index is 0.00119. The number of carbonyl (C=O) groups is 2. The smallest absolute Gasteiger partial charge is 0.242 e. The molecule has 0 aliphatic carbocycles. The highest BCUT2D eigenvalue weighted by Gasteiger charge is 2.20. The Morgan fingerprint density at radius 2 is 1.93 bits per heavy atom. The second-order valence-corrected chi connectivity index (χ2v) is 3.81. The van der Waals surface area contributed by atoms with Crippen LogP contribution in [0.2, 0.25) is 0 Å². The standard InChI is InChI=1S/C10H18N2O3/c1-11(9(14)4-7-13)8-10(15)12-5-2-3-6-12/h13H,2-8H2,1H3. The summed E-state index contributed by atoms with van der Waals surface area (Å²) in [5.41, 5.74) is 0. The van der Waals surface area contributed by atoms with Crippen molar-refractivity contribution in [2.75, 3.05) is 33.3 Å². The fourth-order valence-corrected chi connectivity index (χ4v) is 1.64. The fourth-order valence-electron chi connectivity index (χ4n) is 1.64. The normalized spacial score (nSPS) is 15.5. The Morgan fingerprint density at radius 3 is 2.47 bits per heavy atom. The van der Waals surface area contributed by atoms with E-state index in [1.807, 2.05) is 0 Å². The Balaban J connectivity index is 2.33. The maximum atomic E-state index is 11.6. The first-order valence-corrected chi connectivity index (χ1v) is 5.27. The number of aliphatic hydroxyl groups excluding tert-OH is 1. The summed E-state index contributed by atoms with van der Waals surface area (Å²) < 4.78 is 0. The number of likely N-dealkylation sites (tertiary alicyclic amines) is 1. The van der Waals surface area contributed by atoms with Crippen molar-refractivity contribution >= 4 is 11.8 Å². The molecular formula is C10H18N2O3. The SMILES string of the molecule is CN(CC(=O)N1CCCC1)C(=O)CCO. The molecule has 1 rings (SSSR count). The molecule has 2 amide bonds. The van der Waals surface area contributed by atoms with Crippen LogP contribution in [0.4, 0.5) is 0 Å². The van der Waals surface area contributed by atoms with Crippen molar-refractivity contribution in [3.63, 3.8) is 0 Å². The van der Waals surface area contributed by atoms with Crippen LogP contribution in [0.1, 0.15) is 19.3 Å². The molecule has 15 heavy (non-hydrogen) atoms. The molecule has 0 saturated carbocycles. The van der Waals surface area contributed by atoms with E-state index in [2.05, 4.69) is 0 Å². The molecule has 0 bridgehead atoms. The summed E-state index contributed by atoms with van der Waals surface area (Å²) >= 11 is 0. The minimum Gasteiger partial charge on any atom is -0.396 e. The van der Waals surface area contributed by atoms with Gasteiger partial charge in [-0.1, -0.05) is 0 Å². The Kier molecular flexibility index (Phi) is 4.55. The summed E-state index contributed by atoms with van der Waals surface area (Å²) in [5.74, 6) is -0.189. The number of nitrogens with zero attached hydrogens (tertiary/aromatic N) is 2. The third kappa shape index (κ3) is 3.51. The van der Waals surface area contributed by atoms with Gasteiger partial charge in [-0.3, -0.25) is 9.59 Å². The molecule has 86 valence electrons. The van der Waals surface area contributed by atoms with Crippen LogP contribution in [0.15, 0.2) is 0 Å². The molecule has 5 heteroatoms. The molecule has 1 fully saturated rings. The summed E-state index contributed by atoms with van der Waals surface area (Å²) in [7, 11) is 1.59. The van der Waals surface area contributed by atoms with Crippen LogP contribution in [0.3, 0.4) is 0 Å². The van der Waals surface area contributed by atoms with Gasteiger partial charge >= 0.3 is 0 Å². The van der Waals surface area contributed by atoms with Gasteiger partial charge < -0.3 is 14.9 Å². The third-order valence-corrected chi connectivity index (χ3v) is 2.58. The largest absolute Gasteiger partial charge is 0.396 e. The van der Waals surface area contributed by atoms with Gasteiger partial charge in [-0.25, -0.2) is 0 Å². The van der Waals surface area contributed by atoms with Gasteiger partial charge in [0.25, 0.3) is 0 Å². The van der Waals surface area contributed by atoms with E-state index < -0.39 is 0 Å². The van der Waals surface area contributed by atoms with Gasteiger partial charge in [0.05, 0.1) is 13.2 Å². The molecule has 0 atom stereocenters. The van der Waals surface area contributed by atoms with Crippen molar-refractivity contribution in [3.05, 3.63) is 0 Å². The zero-order chi connectivity index (χ0) is 11.3. The number of hydrogen-bond donors (Lipinski definition) is 1. The minimum atomic E-state index is -0.190. The van der Waals surface area contributed by atoms with Crippen LogP contribution < -0.4 is 0 Å². The topological polar surface area (TPSA) is 60.9 Å². The molecule has 1 N–H and O–H groups in total. The maximum absolute atomic E-state index is 11.6. The summed E-state index contributed by atoms with van der Waals surface area (Å²) in [6.45, 7) is 1.57. The molecule has 1 aliphatic heterocycles. The molecule has 1 saturated heterocycles. The molecule has 0 unspecified atom stereocenters. The predicted octanol–water partition coefficient (Wildman–Crippen LogP) is -0.550. The number of carbonyl (C=O) groups excluding carboxylic acids is 2. The number of likely N-dealkylation sites (N-methyl/N-ethyl adjacent to an activating group) is 1. The predicted molar refractivity (Wildman–Crippen MR) is 55.2 cm³/mol. The van der Waals surface area contributed by atoms with E-state index in [1.165, 1.54) is 4.90 Å². The van der Waals surface area contributed by atoms with E-state index in [0.717, 1.165) is 25.9 Å². The number of aliphatic hydroxyl groups is 1. The van der Waals surface area contributed by atoms with E-state index in [1.54, 1.807) is 11.9 Å². The Labute approximate surface area is 89.7 Å². The average Bonchev–Trinajstić information content (AvgIpc) is 2.70. The summed E-state index contributed by atoms with van der Waals surface area (Å²) in [6, 6.07) is 0. The van der Waals surface area contributed by atoms with Crippen molar-refractivity contribution in [2.24, 2.45) is 0 Å². The fraction of sp³-hybridized carbons (Fsp3) is 0.800. The molecule has 0 radical (unpaired) electrons. The number of amides is 2. The van der Waals surface area contributed by atoms with E-state index in [0.29, 0.717) is 0 Å². The maximum Gasteiger partial charge on any atom is 0.242 e. The molecule has 0 spiro atoms. The van der Waals surface area contributed by atoms with Crippen molar-refractivity contribution < 1.29 is 14.7 Å². The van der Waals surface area contributed by atoms with Gasteiger partial charge in [-0.05, 0) is 12.8 Å². The monoisotopic (exact) mass is 214 g/mol. The van der Waals surface area contributed by atoms with Crippen molar-refractivity contribution in [1.82, 2.24) is 9.80 Å². The van der Waals surface area contributed by atoms with E-state index in [9.17, 15) is 9.59 Å². The Bertz CT molecular complexity index is 237. The lowest BCUT2D eigenvalue weighted by Gasteiger charge is -2.21. The van der Waals surface area contributed by atoms with E-state index in [4.69, 9.17) is 5.11 Å². The van der Waals surface area contributed by atoms with Crippen LogP contribution >= 0.6 is 0 Å². The lowest BCUT2D eigenvalue weighted by atomic mass is 10.3. The molecule has 0 aromatic carbocycles. The summed E-state index contributed by atoms with van der Waals surface area (Å²) in [6.07, 6.45) is 2.20. The van der Waals surface area contributed by atoms with Crippen molar-refractivity contribution in [3.8, 4) is 0 Å². The first kappa shape index (κ1) is 12.0. The molecule has 5 nitrogen and oxygen atoms in total. The number of hydrogen-bond acceptors (Lipinski definition) is 3. The third-order valence-electron chi connectivity index (χ3n) is 2.58. The second-order valence-electron chi connectivity index (χ2n) is 3.81. The second kappa shape index (κ2) is 5.70. The van der Waals surface area contributed by atoms with Crippen LogP contribution in [0, 0.1) is 0 Å². The Hall–Kier alpha value is -1.10. The van der Waals surface area contributed by atoms with Crippen molar-refractivity contribution in [2.45, 2.75) is 19.3 Å². The Morgan fingerprint density at radius 1 is 1.33 bits per heavy atom. The van der Waals surface area contributed by atoms with Crippen molar-refractivity contribution in [1.29, 1.82) is 0 Å². The van der Waals surface area contributed by atoms with E-state index >= 15 is 0 Å². The lowest BCUT2D eigenvalue weighted by Crippen LogP contribution is -2.40. The highest BCUT2D eigenvalue weighted by molar-refractivity contribution is 5.84. The first-order chi connectivity index (χ1) is 7.15. The van der Waals surface area contributed by atoms with Crippen LogP contribution in [0.25, 0.3) is 0 Å². The highest BCUT2D eigenvalue weighted by atomic mass is 16.3. The van der Waals surface area contributed by atoms with Gasteiger partial charge in [-0.15, -0.1) is 0 Å². The van der Waals surface area contributed by atoms with Gasteiger partial charge in [0.1, 0.15) is 0 Å². The lowest BCUT2D eigenvalue weighted by molar-refractivity contribution is -0.139. The average molecular weight is 214 g/mol. The van der Waals surface area contributed by atoms with Gasteiger partial charge in [0.2, 0.25) is 11.8 Å². The summed E-state index contributed by atoms with van der Waals surface area (Å²) in [5, 5.41) is 8.59. The van der Waals surface area contributed by atoms with Gasteiger partial charge in [0, 0.05) is 26.6 Å². The zero-order valence-corrected chi connectivity index (χ0v) is 9.11. The zero-order valence-electron chi connectivity index (χ0n) is 9.11. The molecule has 1 aliphatic rings. The van der Waals surface area contributed by atoms with Crippen LogP contribution in [-0.2, 0) is 9.59 Å². The van der Waals surface area contributed by atoms with Gasteiger partial charge in [-0.2, -0.15) is 0 Å². The molecular weight excluding hydrogens is 196 g/mol. The molecule has 1 heterocycles. The highest BCUT2D eigenvalue weighted by Crippen LogP contribution is 2.07. The van der Waals surface area contributed by atoms with Gasteiger partial charge in [0.15, 0.2) is 0 Å². The van der Waals surface area contributed by atoms with Crippen LogP contribution in [-0.4, -0.2) is 60.0 Å². The van der Waals surface area contributed by atoms with E-state index in [-0.39, 0.29) is 31.4 Å². The molecule has 0 aromatic heterocycles. The molecule has 0 aromatic rings. The van der Waals surface area contributed by atoms with Crippen LogP contribution in [0.5, 0.6) is 0 Å².